The highest BCUT2D eigenvalue weighted by Gasteiger charge is 2.23. The summed E-state index contributed by atoms with van der Waals surface area (Å²) in [6.07, 6.45) is 3.41. The largest absolute Gasteiger partial charge is 0.341 e. The maximum absolute atomic E-state index is 12.7. The van der Waals surface area contributed by atoms with Crippen LogP contribution < -0.4 is 0 Å². The van der Waals surface area contributed by atoms with Crippen LogP contribution in [0.3, 0.4) is 0 Å². The van der Waals surface area contributed by atoms with Gasteiger partial charge in [0.25, 0.3) is 0 Å². The minimum Gasteiger partial charge on any atom is -0.341 e. The van der Waals surface area contributed by atoms with Gasteiger partial charge >= 0.3 is 0 Å². The Morgan fingerprint density at radius 3 is 2.60 bits per heavy atom. The molecule has 0 aromatic heterocycles. The Balaban J connectivity index is 1.54. The van der Waals surface area contributed by atoms with E-state index in [9.17, 15) is 4.79 Å². The van der Waals surface area contributed by atoms with Gasteiger partial charge in [-0.3, -0.25) is 4.79 Å². The molecule has 2 aromatic carbocycles. The molecule has 0 saturated carbocycles. The lowest BCUT2D eigenvalue weighted by molar-refractivity contribution is -0.128. The van der Waals surface area contributed by atoms with Crippen LogP contribution in [0.4, 0.5) is 0 Å². The Bertz CT molecular complexity index is 674. The van der Waals surface area contributed by atoms with Gasteiger partial charge in [0.2, 0.25) is 5.91 Å². The van der Waals surface area contributed by atoms with Crippen molar-refractivity contribution in [2.24, 2.45) is 0 Å². The predicted octanol–water partition coefficient (Wildman–Crippen LogP) is 5.37. The number of halogens is 1. The van der Waals surface area contributed by atoms with Gasteiger partial charge in [-0.15, -0.1) is 11.8 Å². The van der Waals surface area contributed by atoms with Crippen LogP contribution in [0.5, 0.6) is 0 Å². The second-order valence-electron chi connectivity index (χ2n) is 6.56. The number of hydrogen-bond acceptors (Lipinski definition) is 2. The lowest BCUT2D eigenvalue weighted by Gasteiger charge is -2.25. The summed E-state index contributed by atoms with van der Waals surface area (Å²) in [5.41, 5.74) is 2.57. The number of likely N-dealkylation sites (tertiary alicyclic amines) is 1. The van der Waals surface area contributed by atoms with Gasteiger partial charge in [0, 0.05) is 29.8 Å². The lowest BCUT2D eigenvalue weighted by Crippen LogP contribution is -2.35. The molecule has 1 aliphatic rings. The summed E-state index contributed by atoms with van der Waals surface area (Å²) < 4.78 is 0. The minimum atomic E-state index is 0.266. The standard InChI is InChI=1S/C21H24ClNOS/c22-20-11-9-18(10-12-20)19-8-4-5-13-23(14-19)21(24)16-25-15-17-6-2-1-3-7-17/h1-3,6-7,9-12,19H,4-5,8,13-16H2. The Labute approximate surface area is 159 Å². The number of amides is 1. The van der Waals surface area contributed by atoms with Crippen molar-refractivity contribution < 1.29 is 4.79 Å². The highest BCUT2D eigenvalue weighted by atomic mass is 35.5. The molecule has 1 amide bonds. The van der Waals surface area contributed by atoms with Gasteiger partial charge in [-0.1, -0.05) is 60.5 Å². The quantitative estimate of drug-likeness (QED) is 0.702. The predicted molar refractivity (Wildman–Crippen MR) is 107 cm³/mol. The molecule has 4 heteroatoms. The summed E-state index contributed by atoms with van der Waals surface area (Å²) in [7, 11) is 0. The number of thioether (sulfide) groups is 1. The Morgan fingerprint density at radius 2 is 1.84 bits per heavy atom. The highest BCUT2D eigenvalue weighted by Crippen LogP contribution is 2.28. The first-order chi connectivity index (χ1) is 12.2. The molecule has 0 aliphatic carbocycles. The molecule has 1 fully saturated rings. The average molecular weight is 374 g/mol. The van der Waals surface area contributed by atoms with Gasteiger partial charge in [-0.25, -0.2) is 0 Å². The summed E-state index contributed by atoms with van der Waals surface area (Å²) in [5.74, 6) is 2.13. The first kappa shape index (κ1) is 18.3. The molecular formula is C21H24ClNOS. The van der Waals surface area contributed by atoms with Crippen molar-refractivity contribution in [2.45, 2.75) is 30.9 Å². The Hall–Kier alpha value is -1.45. The maximum Gasteiger partial charge on any atom is 0.232 e. The Morgan fingerprint density at radius 1 is 1.08 bits per heavy atom. The zero-order valence-electron chi connectivity index (χ0n) is 14.4. The molecule has 2 nitrogen and oxygen atoms in total. The third kappa shape index (κ3) is 5.52. The fourth-order valence-electron chi connectivity index (χ4n) is 3.30. The van der Waals surface area contributed by atoms with E-state index in [2.05, 4.69) is 29.2 Å². The van der Waals surface area contributed by atoms with Crippen molar-refractivity contribution in [2.75, 3.05) is 18.8 Å². The van der Waals surface area contributed by atoms with E-state index in [-0.39, 0.29) is 5.91 Å². The average Bonchev–Trinajstić information content (AvgIpc) is 2.89. The normalized spacial score (nSPS) is 18.0. The topological polar surface area (TPSA) is 20.3 Å². The van der Waals surface area contributed by atoms with Crippen molar-refractivity contribution in [3.63, 3.8) is 0 Å². The number of carbonyl (C=O) groups is 1. The van der Waals surface area contributed by atoms with E-state index in [1.54, 1.807) is 11.8 Å². The van der Waals surface area contributed by atoms with Crippen molar-refractivity contribution in [1.82, 2.24) is 4.90 Å². The van der Waals surface area contributed by atoms with E-state index in [1.807, 2.05) is 30.3 Å². The summed E-state index contributed by atoms with van der Waals surface area (Å²) in [4.78, 5) is 14.7. The molecule has 1 saturated heterocycles. The molecule has 132 valence electrons. The molecule has 0 bridgehead atoms. The van der Waals surface area contributed by atoms with Gasteiger partial charge in [0.05, 0.1) is 5.75 Å². The molecule has 2 aromatic rings. The van der Waals surface area contributed by atoms with Crippen molar-refractivity contribution in [3.8, 4) is 0 Å². The zero-order chi connectivity index (χ0) is 17.5. The summed E-state index contributed by atoms with van der Waals surface area (Å²) in [6, 6.07) is 18.4. The molecule has 0 spiro atoms. The van der Waals surface area contributed by atoms with Gasteiger partial charge in [-0.2, -0.15) is 0 Å². The van der Waals surface area contributed by atoms with Gasteiger partial charge in [0.1, 0.15) is 0 Å². The van der Waals surface area contributed by atoms with E-state index < -0.39 is 0 Å². The molecule has 25 heavy (non-hydrogen) atoms. The molecule has 0 N–H and O–H groups in total. The van der Waals surface area contributed by atoms with Gasteiger partial charge in [-0.05, 0) is 36.1 Å². The molecule has 1 heterocycles. The van der Waals surface area contributed by atoms with Crippen LogP contribution in [0.25, 0.3) is 0 Å². The number of rotatable bonds is 5. The van der Waals surface area contributed by atoms with E-state index in [4.69, 9.17) is 11.6 Å². The van der Waals surface area contributed by atoms with Gasteiger partial charge in [0.15, 0.2) is 0 Å². The monoisotopic (exact) mass is 373 g/mol. The van der Waals surface area contributed by atoms with Gasteiger partial charge < -0.3 is 4.90 Å². The van der Waals surface area contributed by atoms with E-state index in [0.29, 0.717) is 11.7 Å². The minimum absolute atomic E-state index is 0.266. The molecule has 3 rings (SSSR count). The first-order valence-electron chi connectivity index (χ1n) is 8.87. The molecule has 1 aliphatic heterocycles. The van der Waals surface area contributed by atoms with Crippen LogP contribution in [-0.4, -0.2) is 29.6 Å². The van der Waals surface area contributed by atoms with E-state index in [0.717, 1.165) is 36.7 Å². The molecule has 1 unspecified atom stereocenters. The van der Waals surface area contributed by atoms with Crippen LogP contribution in [0.15, 0.2) is 54.6 Å². The van der Waals surface area contributed by atoms with Crippen LogP contribution in [0, 0.1) is 0 Å². The number of hydrogen-bond donors (Lipinski definition) is 0. The van der Waals surface area contributed by atoms with Crippen molar-refractivity contribution in [1.29, 1.82) is 0 Å². The number of nitrogens with zero attached hydrogens (tertiary/aromatic N) is 1. The zero-order valence-corrected chi connectivity index (χ0v) is 15.9. The molecule has 1 atom stereocenters. The number of benzene rings is 2. The second-order valence-corrected chi connectivity index (χ2v) is 7.98. The fraction of sp³-hybridized carbons (Fsp3) is 0.381. The smallest absolute Gasteiger partial charge is 0.232 e. The number of carbonyl (C=O) groups excluding carboxylic acids is 1. The fourth-order valence-corrected chi connectivity index (χ4v) is 4.31. The first-order valence-corrected chi connectivity index (χ1v) is 10.4. The van der Waals surface area contributed by atoms with Crippen LogP contribution >= 0.6 is 23.4 Å². The van der Waals surface area contributed by atoms with Crippen LogP contribution in [0.2, 0.25) is 5.02 Å². The van der Waals surface area contributed by atoms with Crippen LogP contribution in [-0.2, 0) is 10.5 Å². The third-order valence-electron chi connectivity index (χ3n) is 4.70. The van der Waals surface area contributed by atoms with Crippen LogP contribution in [0.1, 0.15) is 36.3 Å². The molecule has 0 radical (unpaired) electrons. The lowest BCUT2D eigenvalue weighted by atomic mass is 9.94. The SMILES string of the molecule is O=C(CSCc1ccccc1)N1CCCCC(c2ccc(Cl)cc2)C1. The summed E-state index contributed by atoms with van der Waals surface area (Å²) in [6.45, 7) is 1.71. The Kier molecular flexibility index (Phi) is 6.83. The third-order valence-corrected chi connectivity index (χ3v) is 5.94. The van der Waals surface area contributed by atoms with E-state index in [1.165, 1.54) is 17.5 Å². The maximum atomic E-state index is 12.7. The highest BCUT2D eigenvalue weighted by molar-refractivity contribution is 7.99. The van der Waals surface area contributed by atoms with Crippen molar-refractivity contribution >= 4 is 29.3 Å². The van der Waals surface area contributed by atoms with E-state index >= 15 is 0 Å². The van der Waals surface area contributed by atoms with Crippen molar-refractivity contribution in [3.05, 3.63) is 70.7 Å². The summed E-state index contributed by atoms with van der Waals surface area (Å²) >= 11 is 7.71. The summed E-state index contributed by atoms with van der Waals surface area (Å²) in [5, 5.41) is 0.766. The second kappa shape index (κ2) is 9.30. The molecular weight excluding hydrogens is 350 g/mol.